The van der Waals surface area contributed by atoms with E-state index in [9.17, 15) is 0 Å². The average molecular weight is 282 g/mol. The third-order valence-electron chi connectivity index (χ3n) is 3.03. The van der Waals surface area contributed by atoms with Gasteiger partial charge in [-0.05, 0) is 20.3 Å². The van der Waals surface area contributed by atoms with E-state index in [2.05, 4.69) is 32.2 Å². The summed E-state index contributed by atoms with van der Waals surface area (Å²) in [6, 6.07) is 0.531. The second kappa shape index (κ2) is 6.67. The molecular weight excluding hydrogens is 260 g/mol. The number of hydrazine groups is 1. The van der Waals surface area contributed by atoms with Gasteiger partial charge in [-0.15, -0.1) is 0 Å². The molecule has 2 heterocycles. The Bertz CT molecular complexity index is 442. The number of morpholine rings is 1. The molecule has 1 aromatic rings. The van der Waals surface area contributed by atoms with Crippen molar-refractivity contribution >= 4 is 11.9 Å². The Morgan fingerprint density at radius 1 is 1.45 bits per heavy atom. The lowest BCUT2D eigenvalue weighted by molar-refractivity contribution is 0.0919. The summed E-state index contributed by atoms with van der Waals surface area (Å²) >= 11 is 0. The van der Waals surface area contributed by atoms with E-state index in [-0.39, 0.29) is 18.2 Å². The smallest absolute Gasteiger partial charge is 0.323 e. The Hall–Kier alpha value is -1.67. The van der Waals surface area contributed by atoms with Gasteiger partial charge in [0.05, 0.1) is 25.4 Å². The van der Waals surface area contributed by atoms with Crippen LogP contribution in [0.25, 0.3) is 0 Å². The molecule has 3 N–H and O–H groups in total. The van der Waals surface area contributed by atoms with E-state index >= 15 is 0 Å². The molecule has 0 saturated carbocycles. The van der Waals surface area contributed by atoms with Crippen LogP contribution in [0.15, 0.2) is 0 Å². The van der Waals surface area contributed by atoms with Crippen LogP contribution >= 0.6 is 0 Å². The first-order valence-corrected chi connectivity index (χ1v) is 6.87. The summed E-state index contributed by atoms with van der Waals surface area (Å²) in [5, 5.41) is 0. The molecule has 0 bridgehead atoms. The van der Waals surface area contributed by atoms with Gasteiger partial charge in [0.15, 0.2) is 0 Å². The first-order chi connectivity index (χ1) is 9.63. The standard InChI is InChI=1S/C12H22N6O2/c1-4-9-7-19-6-5-18(9)11-14-10(17-13)15-12(16-11)20-8(2)3/h8-9H,4-7,13H2,1-3H3,(H,14,15,16,17). The van der Waals surface area contributed by atoms with Crippen LogP contribution in [0.3, 0.4) is 0 Å². The molecular formula is C12H22N6O2. The van der Waals surface area contributed by atoms with Crippen molar-refractivity contribution in [3.63, 3.8) is 0 Å². The summed E-state index contributed by atoms with van der Waals surface area (Å²) in [6.07, 6.45) is 0.944. The van der Waals surface area contributed by atoms with Crippen molar-refractivity contribution in [1.29, 1.82) is 0 Å². The number of nitrogen functional groups attached to an aromatic ring is 1. The van der Waals surface area contributed by atoms with Crippen molar-refractivity contribution in [1.82, 2.24) is 15.0 Å². The Kier molecular flexibility index (Phi) is 4.91. The van der Waals surface area contributed by atoms with Crippen LogP contribution in [0.1, 0.15) is 27.2 Å². The van der Waals surface area contributed by atoms with Crippen molar-refractivity contribution in [2.75, 3.05) is 30.1 Å². The number of rotatable bonds is 5. The number of nitrogens with one attached hydrogen (secondary N) is 1. The Labute approximate surface area is 118 Å². The summed E-state index contributed by atoms with van der Waals surface area (Å²) in [7, 11) is 0. The van der Waals surface area contributed by atoms with E-state index < -0.39 is 0 Å². The second-order valence-corrected chi connectivity index (χ2v) is 4.88. The molecule has 1 aromatic heterocycles. The van der Waals surface area contributed by atoms with Gasteiger partial charge < -0.3 is 14.4 Å². The van der Waals surface area contributed by atoms with Gasteiger partial charge in [-0.1, -0.05) is 6.92 Å². The van der Waals surface area contributed by atoms with Crippen molar-refractivity contribution in [2.45, 2.75) is 39.3 Å². The largest absolute Gasteiger partial charge is 0.461 e. The van der Waals surface area contributed by atoms with Crippen molar-refractivity contribution in [3.8, 4) is 6.01 Å². The van der Waals surface area contributed by atoms with Crippen molar-refractivity contribution in [2.24, 2.45) is 5.84 Å². The summed E-state index contributed by atoms with van der Waals surface area (Å²) in [6.45, 7) is 8.03. The predicted molar refractivity (Wildman–Crippen MR) is 75.6 cm³/mol. The maximum absolute atomic E-state index is 5.54. The number of hydrogen-bond acceptors (Lipinski definition) is 8. The third kappa shape index (κ3) is 3.45. The molecule has 8 heteroatoms. The van der Waals surface area contributed by atoms with Gasteiger partial charge in [-0.2, -0.15) is 15.0 Å². The topological polar surface area (TPSA) is 98.4 Å². The SMILES string of the molecule is CCC1COCCN1c1nc(NN)nc(OC(C)C)n1. The quantitative estimate of drug-likeness (QED) is 0.597. The minimum absolute atomic E-state index is 0.0115. The highest BCUT2D eigenvalue weighted by molar-refractivity contribution is 5.39. The molecule has 0 radical (unpaired) electrons. The summed E-state index contributed by atoms with van der Waals surface area (Å²) in [4.78, 5) is 14.9. The van der Waals surface area contributed by atoms with Crippen LogP contribution in [0.4, 0.5) is 11.9 Å². The molecule has 1 aliphatic rings. The lowest BCUT2D eigenvalue weighted by Crippen LogP contribution is -2.46. The summed E-state index contributed by atoms with van der Waals surface area (Å²) in [5.41, 5.74) is 2.45. The molecule has 2 rings (SSSR count). The maximum Gasteiger partial charge on any atom is 0.323 e. The first kappa shape index (κ1) is 14.7. The minimum atomic E-state index is -0.0115. The number of nitrogens with two attached hydrogens (primary N) is 1. The van der Waals surface area contributed by atoms with Gasteiger partial charge in [0, 0.05) is 6.54 Å². The molecule has 20 heavy (non-hydrogen) atoms. The molecule has 1 aliphatic heterocycles. The van der Waals surface area contributed by atoms with E-state index in [1.165, 1.54) is 0 Å². The van der Waals surface area contributed by atoms with E-state index in [4.69, 9.17) is 15.3 Å². The lowest BCUT2D eigenvalue weighted by Gasteiger charge is -2.35. The fraction of sp³-hybridized carbons (Fsp3) is 0.750. The van der Waals surface area contributed by atoms with Crippen LogP contribution in [0.5, 0.6) is 6.01 Å². The predicted octanol–water partition coefficient (Wildman–Crippen LogP) is 0.560. The molecule has 0 aromatic carbocycles. The number of nitrogens with zero attached hydrogens (tertiary/aromatic N) is 4. The van der Waals surface area contributed by atoms with Gasteiger partial charge in [-0.25, -0.2) is 5.84 Å². The third-order valence-corrected chi connectivity index (χ3v) is 3.03. The zero-order chi connectivity index (χ0) is 14.5. The van der Waals surface area contributed by atoms with Crippen LogP contribution < -0.4 is 20.9 Å². The highest BCUT2D eigenvalue weighted by atomic mass is 16.5. The first-order valence-electron chi connectivity index (χ1n) is 6.87. The molecule has 1 fully saturated rings. The highest BCUT2D eigenvalue weighted by Gasteiger charge is 2.25. The van der Waals surface area contributed by atoms with Crippen LogP contribution in [-0.4, -0.2) is 46.9 Å². The average Bonchev–Trinajstić information content (AvgIpc) is 2.46. The Morgan fingerprint density at radius 2 is 2.25 bits per heavy atom. The zero-order valence-electron chi connectivity index (χ0n) is 12.2. The monoisotopic (exact) mass is 282 g/mol. The normalized spacial score (nSPS) is 19.2. The van der Waals surface area contributed by atoms with E-state index in [0.29, 0.717) is 25.1 Å². The van der Waals surface area contributed by atoms with Gasteiger partial charge >= 0.3 is 6.01 Å². The molecule has 1 unspecified atom stereocenters. The molecule has 0 aliphatic carbocycles. The second-order valence-electron chi connectivity index (χ2n) is 4.88. The minimum Gasteiger partial charge on any atom is -0.461 e. The van der Waals surface area contributed by atoms with E-state index in [1.807, 2.05) is 13.8 Å². The van der Waals surface area contributed by atoms with Crippen LogP contribution in [0.2, 0.25) is 0 Å². The lowest BCUT2D eigenvalue weighted by atomic mass is 10.2. The zero-order valence-corrected chi connectivity index (χ0v) is 12.2. The molecule has 1 saturated heterocycles. The summed E-state index contributed by atoms with van der Waals surface area (Å²) in [5.74, 6) is 6.28. The maximum atomic E-state index is 5.54. The molecule has 8 nitrogen and oxygen atoms in total. The molecule has 1 atom stereocenters. The van der Waals surface area contributed by atoms with Crippen LogP contribution in [-0.2, 0) is 4.74 Å². The number of anilines is 2. The Balaban J connectivity index is 2.28. The number of hydrogen-bond donors (Lipinski definition) is 2. The molecule has 0 spiro atoms. The fourth-order valence-electron chi connectivity index (χ4n) is 2.06. The molecule has 112 valence electrons. The van der Waals surface area contributed by atoms with E-state index in [1.54, 1.807) is 0 Å². The van der Waals surface area contributed by atoms with Crippen molar-refractivity contribution in [3.05, 3.63) is 0 Å². The van der Waals surface area contributed by atoms with E-state index in [0.717, 1.165) is 13.0 Å². The van der Waals surface area contributed by atoms with Gasteiger partial charge in [0.1, 0.15) is 0 Å². The number of ether oxygens (including phenoxy) is 2. The van der Waals surface area contributed by atoms with Gasteiger partial charge in [0.2, 0.25) is 11.9 Å². The van der Waals surface area contributed by atoms with Crippen molar-refractivity contribution < 1.29 is 9.47 Å². The molecule has 0 amide bonds. The van der Waals surface area contributed by atoms with Crippen LogP contribution in [0, 0.1) is 0 Å². The van der Waals surface area contributed by atoms with Gasteiger partial charge in [0.25, 0.3) is 0 Å². The van der Waals surface area contributed by atoms with Gasteiger partial charge in [-0.3, -0.25) is 5.43 Å². The highest BCUT2D eigenvalue weighted by Crippen LogP contribution is 2.20. The fourth-order valence-corrected chi connectivity index (χ4v) is 2.06. The Morgan fingerprint density at radius 3 is 2.90 bits per heavy atom. The number of aromatic nitrogens is 3. The summed E-state index contributed by atoms with van der Waals surface area (Å²) < 4.78 is 11.0.